The second kappa shape index (κ2) is 5.05. The van der Waals surface area contributed by atoms with Gasteiger partial charge in [-0.25, -0.2) is 9.97 Å². The summed E-state index contributed by atoms with van der Waals surface area (Å²) in [5.41, 5.74) is 1.27. The summed E-state index contributed by atoms with van der Waals surface area (Å²) in [4.78, 5) is 8.05. The number of rotatable bonds is 3. The molecule has 0 amide bonds. The Hall–Kier alpha value is -0.960. The minimum Gasteiger partial charge on any atom is -0.317 e. The smallest absolute Gasteiger partial charge is 0.115 e. The summed E-state index contributed by atoms with van der Waals surface area (Å²) in [5, 5.41) is 3.39. The van der Waals surface area contributed by atoms with Crippen molar-refractivity contribution in [3.05, 3.63) is 24.3 Å². The Bertz CT molecular complexity index is 254. The van der Waals surface area contributed by atoms with E-state index in [-0.39, 0.29) is 0 Å². The zero-order valence-corrected chi connectivity index (χ0v) is 8.45. The van der Waals surface area contributed by atoms with E-state index < -0.39 is 0 Å². The second-order valence-electron chi connectivity index (χ2n) is 3.98. The molecule has 0 aliphatic carbocycles. The van der Waals surface area contributed by atoms with Gasteiger partial charge in [0.1, 0.15) is 6.33 Å². The van der Waals surface area contributed by atoms with Crippen molar-refractivity contribution in [2.45, 2.75) is 25.7 Å². The average molecular weight is 191 g/mol. The molecule has 1 fully saturated rings. The van der Waals surface area contributed by atoms with E-state index in [1.165, 1.54) is 37.9 Å². The van der Waals surface area contributed by atoms with E-state index in [2.05, 4.69) is 15.3 Å². The summed E-state index contributed by atoms with van der Waals surface area (Å²) >= 11 is 0. The van der Waals surface area contributed by atoms with Crippen molar-refractivity contribution in [2.24, 2.45) is 5.92 Å². The molecule has 2 heterocycles. The molecule has 1 aliphatic rings. The van der Waals surface area contributed by atoms with Gasteiger partial charge in [0, 0.05) is 12.4 Å². The molecule has 0 bridgehead atoms. The first kappa shape index (κ1) is 9.59. The Morgan fingerprint density at radius 1 is 1.21 bits per heavy atom. The molecular formula is C11H17N3. The van der Waals surface area contributed by atoms with Gasteiger partial charge in [0.15, 0.2) is 0 Å². The zero-order valence-electron chi connectivity index (χ0n) is 8.45. The summed E-state index contributed by atoms with van der Waals surface area (Å²) in [6.07, 6.45) is 10.5. The Labute approximate surface area is 85.0 Å². The maximum atomic E-state index is 4.02. The fourth-order valence-electron chi connectivity index (χ4n) is 2.00. The number of aromatic nitrogens is 2. The molecule has 0 radical (unpaired) electrons. The zero-order chi connectivity index (χ0) is 9.64. The number of piperidine rings is 1. The van der Waals surface area contributed by atoms with E-state index in [4.69, 9.17) is 0 Å². The van der Waals surface area contributed by atoms with E-state index in [0.29, 0.717) is 0 Å². The Morgan fingerprint density at radius 2 is 1.93 bits per heavy atom. The van der Waals surface area contributed by atoms with Crippen LogP contribution in [0.3, 0.4) is 0 Å². The largest absolute Gasteiger partial charge is 0.317 e. The van der Waals surface area contributed by atoms with Gasteiger partial charge in [0.25, 0.3) is 0 Å². The molecule has 0 aromatic carbocycles. The number of aryl methyl sites for hydroxylation is 1. The quantitative estimate of drug-likeness (QED) is 0.785. The Kier molecular flexibility index (Phi) is 3.46. The Morgan fingerprint density at radius 3 is 2.64 bits per heavy atom. The van der Waals surface area contributed by atoms with Crippen molar-refractivity contribution >= 4 is 0 Å². The van der Waals surface area contributed by atoms with Crippen molar-refractivity contribution in [3.63, 3.8) is 0 Å². The molecule has 76 valence electrons. The van der Waals surface area contributed by atoms with Crippen LogP contribution >= 0.6 is 0 Å². The van der Waals surface area contributed by atoms with E-state index >= 15 is 0 Å². The predicted octanol–water partition coefficient (Wildman–Crippen LogP) is 1.41. The lowest BCUT2D eigenvalue weighted by Gasteiger charge is -2.22. The van der Waals surface area contributed by atoms with Crippen molar-refractivity contribution < 1.29 is 0 Å². The molecule has 0 saturated carbocycles. The molecule has 2 rings (SSSR count). The SMILES string of the molecule is c1ncc(CCC2CCNCC2)cn1. The van der Waals surface area contributed by atoms with E-state index in [0.717, 1.165) is 12.3 Å². The van der Waals surface area contributed by atoms with Crippen molar-refractivity contribution in [2.75, 3.05) is 13.1 Å². The van der Waals surface area contributed by atoms with Gasteiger partial charge in [-0.3, -0.25) is 0 Å². The molecule has 14 heavy (non-hydrogen) atoms. The third kappa shape index (κ3) is 2.77. The molecule has 1 N–H and O–H groups in total. The van der Waals surface area contributed by atoms with Crippen LogP contribution in [0.2, 0.25) is 0 Å². The predicted molar refractivity (Wildman–Crippen MR) is 55.9 cm³/mol. The maximum absolute atomic E-state index is 4.02. The van der Waals surface area contributed by atoms with Gasteiger partial charge in [-0.1, -0.05) is 0 Å². The van der Waals surface area contributed by atoms with Crippen molar-refractivity contribution in [1.82, 2.24) is 15.3 Å². The van der Waals surface area contributed by atoms with Crippen LogP contribution in [-0.4, -0.2) is 23.1 Å². The van der Waals surface area contributed by atoms with Gasteiger partial charge >= 0.3 is 0 Å². The molecule has 3 nitrogen and oxygen atoms in total. The highest BCUT2D eigenvalue weighted by Gasteiger charge is 2.12. The maximum Gasteiger partial charge on any atom is 0.115 e. The highest BCUT2D eigenvalue weighted by molar-refractivity contribution is 5.02. The van der Waals surface area contributed by atoms with Crippen LogP contribution in [0.5, 0.6) is 0 Å². The van der Waals surface area contributed by atoms with Crippen molar-refractivity contribution in [1.29, 1.82) is 0 Å². The molecule has 3 heteroatoms. The number of nitrogens with zero attached hydrogens (tertiary/aromatic N) is 2. The summed E-state index contributed by atoms with van der Waals surface area (Å²) in [7, 11) is 0. The molecule has 1 saturated heterocycles. The van der Waals surface area contributed by atoms with E-state index in [9.17, 15) is 0 Å². The lowest BCUT2D eigenvalue weighted by atomic mass is 9.92. The first-order chi connectivity index (χ1) is 6.95. The van der Waals surface area contributed by atoms with Crippen LogP contribution in [0.25, 0.3) is 0 Å². The normalized spacial score (nSPS) is 18.3. The Balaban J connectivity index is 1.76. The van der Waals surface area contributed by atoms with Crippen LogP contribution < -0.4 is 5.32 Å². The number of hydrogen-bond acceptors (Lipinski definition) is 3. The summed E-state index contributed by atoms with van der Waals surface area (Å²) in [6.45, 7) is 2.38. The molecule has 0 atom stereocenters. The number of nitrogens with one attached hydrogen (secondary N) is 1. The molecule has 1 aliphatic heterocycles. The first-order valence-electron chi connectivity index (χ1n) is 5.40. The van der Waals surface area contributed by atoms with Gasteiger partial charge in [0.05, 0.1) is 0 Å². The lowest BCUT2D eigenvalue weighted by molar-refractivity contribution is 0.354. The topological polar surface area (TPSA) is 37.8 Å². The molecule has 0 spiro atoms. The van der Waals surface area contributed by atoms with E-state index in [1.807, 2.05) is 12.4 Å². The fraction of sp³-hybridized carbons (Fsp3) is 0.636. The molecule has 0 unspecified atom stereocenters. The minimum absolute atomic E-state index is 0.899. The summed E-state index contributed by atoms with van der Waals surface area (Å²) in [6, 6.07) is 0. The van der Waals surface area contributed by atoms with Crippen LogP contribution in [0, 0.1) is 5.92 Å². The first-order valence-corrected chi connectivity index (χ1v) is 5.40. The van der Waals surface area contributed by atoms with Gasteiger partial charge in [-0.2, -0.15) is 0 Å². The average Bonchev–Trinajstić information content (AvgIpc) is 2.29. The van der Waals surface area contributed by atoms with Crippen LogP contribution in [0.4, 0.5) is 0 Å². The second-order valence-corrected chi connectivity index (χ2v) is 3.98. The highest BCUT2D eigenvalue weighted by atomic mass is 14.9. The minimum atomic E-state index is 0.899. The summed E-state index contributed by atoms with van der Waals surface area (Å²) < 4.78 is 0. The molecule has 1 aromatic rings. The third-order valence-corrected chi connectivity index (χ3v) is 2.91. The van der Waals surface area contributed by atoms with Crippen LogP contribution in [0.1, 0.15) is 24.8 Å². The van der Waals surface area contributed by atoms with Crippen LogP contribution in [0.15, 0.2) is 18.7 Å². The van der Waals surface area contributed by atoms with Gasteiger partial charge in [-0.05, 0) is 50.3 Å². The van der Waals surface area contributed by atoms with Gasteiger partial charge < -0.3 is 5.32 Å². The van der Waals surface area contributed by atoms with E-state index in [1.54, 1.807) is 6.33 Å². The highest BCUT2D eigenvalue weighted by Crippen LogP contribution is 2.17. The fourth-order valence-corrected chi connectivity index (χ4v) is 2.00. The lowest BCUT2D eigenvalue weighted by Crippen LogP contribution is -2.27. The van der Waals surface area contributed by atoms with Crippen molar-refractivity contribution in [3.8, 4) is 0 Å². The standard InChI is InChI=1S/C11H17N3/c1(10-3-5-12-6-4-10)2-11-7-13-9-14-8-11/h7-10,12H,1-6H2. The molecular weight excluding hydrogens is 174 g/mol. The van der Waals surface area contributed by atoms with Crippen LogP contribution in [-0.2, 0) is 6.42 Å². The summed E-state index contributed by atoms with van der Waals surface area (Å²) in [5.74, 6) is 0.899. The molecule has 1 aromatic heterocycles. The van der Waals surface area contributed by atoms with Gasteiger partial charge in [0.2, 0.25) is 0 Å². The van der Waals surface area contributed by atoms with Gasteiger partial charge in [-0.15, -0.1) is 0 Å². The number of hydrogen-bond donors (Lipinski definition) is 1. The third-order valence-electron chi connectivity index (χ3n) is 2.91. The monoisotopic (exact) mass is 191 g/mol.